The first-order valence-corrected chi connectivity index (χ1v) is 7.51. The maximum absolute atomic E-state index is 10.3. The van der Waals surface area contributed by atoms with Crippen LogP contribution in [0.25, 0.3) is 0 Å². The molecule has 1 aromatic rings. The van der Waals surface area contributed by atoms with Gasteiger partial charge in [-0.2, -0.15) is 0 Å². The normalized spacial score (nSPS) is 21.1. The average Bonchev–Trinajstić information content (AvgIpc) is 2.30. The fraction of sp³-hybridized carbons (Fsp3) is 0.600. The van der Waals surface area contributed by atoms with E-state index in [9.17, 15) is 5.11 Å². The molecular weight excluding hydrogens is 228 g/mol. The Kier molecular flexibility index (Phi) is 2.48. The smallest absolute Gasteiger partial charge is 0.122 e. The summed E-state index contributed by atoms with van der Waals surface area (Å²) in [4.78, 5) is 1.48. The lowest BCUT2D eigenvalue weighted by molar-refractivity contribution is 0.227. The first kappa shape index (κ1) is 11.5. The molecule has 1 aliphatic carbocycles. The number of aromatic hydroxyl groups is 1. The van der Waals surface area contributed by atoms with E-state index in [1.54, 1.807) is 0 Å². The van der Waals surface area contributed by atoms with Crippen LogP contribution in [0.5, 0.6) is 5.75 Å². The Balaban J connectivity index is 2.30. The summed E-state index contributed by atoms with van der Waals surface area (Å²) < 4.78 is 0. The molecule has 1 heterocycles. The molecular formula is C15H20OS. The molecule has 0 saturated heterocycles. The van der Waals surface area contributed by atoms with E-state index in [1.165, 1.54) is 47.5 Å². The number of rotatable bonds is 0. The molecule has 1 N–H and O–H groups in total. The second-order valence-electron chi connectivity index (χ2n) is 5.66. The van der Waals surface area contributed by atoms with E-state index in [0.717, 1.165) is 11.1 Å². The van der Waals surface area contributed by atoms with Gasteiger partial charge in [0.25, 0.3) is 0 Å². The Hall–Kier alpha value is -0.630. The van der Waals surface area contributed by atoms with Crippen molar-refractivity contribution in [3.05, 3.63) is 22.3 Å². The fourth-order valence-electron chi connectivity index (χ4n) is 3.50. The molecule has 17 heavy (non-hydrogen) atoms. The van der Waals surface area contributed by atoms with Crippen LogP contribution in [0.1, 0.15) is 47.9 Å². The van der Waals surface area contributed by atoms with Crippen molar-refractivity contribution in [1.82, 2.24) is 0 Å². The summed E-state index contributed by atoms with van der Waals surface area (Å²) in [5.74, 6) is 1.78. The SMILES string of the molecule is Cc1c(C)c2c(c(C)c1O)C1(CCC1)CCS2. The molecule has 1 saturated carbocycles. The number of phenolic OH excluding ortho intramolecular Hbond substituents is 1. The van der Waals surface area contributed by atoms with Crippen molar-refractivity contribution in [3.63, 3.8) is 0 Å². The van der Waals surface area contributed by atoms with Crippen molar-refractivity contribution >= 4 is 11.8 Å². The molecule has 1 aliphatic heterocycles. The van der Waals surface area contributed by atoms with Gasteiger partial charge in [-0.3, -0.25) is 0 Å². The van der Waals surface area contributed by atoms with E-state index in [2.05, 4.69) is 13.8 Å². The number of hydrogen-bond donors (Lipinski definition) is 1. The monoisotopic (exact) mass is 248 g/mol. The summed E-state index contributed by atoms with van der Waals surface area (Å²) in [5.41, 5.74) is 5.43. The molecule has 1 aromatic carbocycles. The van der Waals surface area contributed by atoms with Crippen LogP contribution < -0.4 is 0 Å². The predicted molar refractivity (Wildman–Crippen MR) is 73.2 cm³/mol. The van der Waals surface area contributed by atoms with Crippen LogP contribution in [-0.4, -0.2) is 10.9 Å². The number of benzene rings is 1. The molecule has 1 nitrogen and oxygen atoms in total. The second-order valence-corrected chi connectivity index (χ2v) is 6.77. The molecule has 0 radical (unpaired) electrons. The quantitative estimate of drug-likeness (QED) is 0.741. The van der Waals surface area contributed by atoms with Crippen molar-refractivity contribution in [2.24, 2.45) is 0 Å². The molecule has 1 fully saturated rings. The summed E-state index contributed by atoms with van der Waals surface area (Å²) >= 11 is 1.99. The first-order valence-electron chi connectivity index (χ1n) is 6.53. The van der Waals surface area contributed by atoms with E-state index in [-0.39, 0.29) is 0 Å². The van der Waals surface area contributed by atoms with Gasteiger partial charge in [0.1, 0.15) is 5.75 Å². The fourth-order valence-corrected chi connectivity index (χ4v) is 5.08. The molecule has 2 aliphatic rings. The first-order chi connectivity index (χ1) is 8.07. The predicted octanol–water partition coefficient (Wildman–Crippen LogP) is 4.23. The molecule has 1 spiro atoms. The highest BCUT2D eigenvalue weighted by Gasteiger charge is 2.44. The second kappa shape index (κ2) is 3.68. The van der Waals surface area contributed by atoms with Crippen molar-refractivity contribution < 1.29 is 5.11 Å². The Morgan fingerprint density at radius 2 is 1.71 bits per heavy atom. The van der Waals surface area contributed by atoms with Crippen molar-refractivity contribution in [3.8, 4) is 5.75 Å². The third kappa shape index (κ3) is 1.40. The van der Waals surface area contributed by atoms with E-state index < -0.39 is 0 Å². The van der Waals surface area contributed by atoms with Crippen LogP contribution >= 0.6 is 11.8 Å². The highest BCUT2D eigenvalue weighted by molar-refractivity contribution is 7.99. The van der Waals surface area contributed by atoms with Crippen molar-refractivity contribution in [1.29, 1.82) is 0 Å². The standard InChI is InChI=1S/C15H20OS/c1-9-10(2)14-12(11(3)13(9)16)15(5-4-6-15)7-8-17-14/h16H,4-8H2,1-3H3. The summed E-state index contributed by atoms with van der Waals surface area (Å²) in [6, 6.07) is 0. The minimum absolute atomic E-state index is 0.417. The lowest BCUT2D eigenvalue weighted by Gasteiger charge is -2.47. The van der Waals surface area contributed by atoms with Gasteiger partial charge in [0.05, 0.1) is 0 Å². The minimum atomic E-state index is 0.417. The molecule has 3 rings (SSSR count). The van der Waals surface area contributed by atoms with Crippen LogP contribution in [-0.2, 0) is 5.41 Å². The Morgan fingerprint density at radius 3 is 2.29 bits per heavy atom. The number of phenols is 1. The maximum atomic E-state index is 10.3. The van der Waals surface area contributed by atoms with E-state index in [4.69, 9.17) is 0 Å². The molecule has 0 atom stereocenters. The summed E-state index contributed by atoms with van der Waals surface area (Å²) in [6.45, 7) is 6.31. The summed E-state index contributed by atoms with van der Waals surface area (Å²) in [7, 11) is 0. The highest BCUT2D eigenvalue weighted by Crippen LogP contribution is 2.56. The molecule has 0 aromatic heterocycles. The van der Waals surface area contributed by atoms with Gasteiger partial charge < -0.3 is 5.11 Å². The van der Waals surface area contributed by atoms with Crippen LogP contribution in [0.15, 0.2) is 4.90 Å². The van der Waals surface area contributed by atoms with Crippen LogP contribution in [0.2, 0.25) is 0 Å². The van der Waals surface area contributed by atoms with Gasteiger partial charge in [0, 0.05) is 4.90 Å². The summed E-state index contributed by atoms with van der Waals surface area (Å²) in [5, 5.41) is 10.3. The Bertz CT molecular complexity index is 486. The van der Waals surface area contributed by atoms with E-state index in [1.807, 2.05) is 18.7 Å². The largest absolute Gasteiger partial charge is 0.507 e. The third-order valence-electron chi connectivity index (χ3n) is 4.88. The van der Waals surface area contributed by atoms with E-state index >= 15 is 0 Å². The number of fused-ring (bicyclic) bond motifs is 2. The van der Waals surface area contributed by atoms with Gasteiger partial charge in [0.15, 0.2) is 0 Å². The highest BCUT2D eigenvalue weighted by atomic mass is 32.2. The zero-order chi connectivity index (χ0) is 12.2. The van der Waals surface area contributed by atoms with E-state index in [0.29, 0.717) is 11.2 Å². The van der Waals surface area contributed by atoms with Crippen molar-refractivity contribution in [2.75, 3.05) is 5.75 Å². The third-order valence-corrected chi connectivity index (χ3v) is 6.09. The summed E-state index contributed by atoms with van der Waals surface area (Å²) in [6.07, 6.45) is 5.30. The van der Waals surface area contributed by atoms with Crippen LogP contribution in [0.4, 0.5) is 0 Å². The lowest BCUT2D eigenvalue weighted by atomic mass is 9.61. The van der Waals surface area contributed by atoms with Gasteiger partial charge >= 0.3 is 0 Å². The topological polar surface area (TPSA) is 20.2 Å². The molecule has 0 amide bonds. The molecule has 0 bridgehead atoms. The molecule has 92 valence electrons. The van der Waals surface area contributed by atoms with Crippen molar-refractivity contribution in [2.45, 2.75) is 56.8 Å². The zero-order valence-corrected chi connectivity index (χ0v) is 11.7. The maximum Gasteiger partial charge on any atom is 0.122 e. The zero-order valence-electron chi connectivity index (χ0n) is 10.9. The molecule has 2 heteroatoms. The Labute approximate surface area is 108 Å². The van der Waals surface area contributed by atoms with Crippen LogP contribution in [0.3, 0.4) is 0 Å². The van der Waals surface area contributed by atoms with Gasteiger partial charge in [-0.1, -0.05) is 6.42 Å². The number of thioether (sulfide) groups is 1. The minimum Gasteiger partial charge on any atom is -0.507 e. The van der Waals surface area contributed by atoms with Crippen LogP contribution in [0, 0.1) is 20.8 Å². The molecule has 0 unspecified atom stereocenters. The van der Waals surface area contributed by atoms with Gasteiger partial charge in [-0.25, -0.2) is 0 Å². The lowest BCUT2D eigenvalue weighted by Crippen LogP contribution is -2.38. The van der Waals surface area contributed by atoms with Gasteiger partial charge in [-0.15, -0.1) is 11.8 Å². The van der Waals surface area contributed by atoms with Gasteiger partial charge in [-0.05, 0) is 73.5 Å². The average molecular weight is 248 g/mol. The van der Waals surface area contributed by atoms with Gasteiger partial charge in [0.2, 0.25) is 0 Å². The number of hydrogen-bond acceptors (Lipinski definition) is 2. The Morgan fingerprint density at radius 1 is 1.00 bits per heavy atom.